The molecular weight excluding hydrogens is 274 g/mol. The minimum absolute atomic E-state index is 0.139. The van der Waals surface area contributed by atoms with Gasteiger partial charge in [-0.2, -0.15) is 4.98 Å². The summed E-state index contributed by atoms with van der Waals surface area (Å²) in [6.07, 6.45) is -0.456. The average Bonchev–Trinajstić information content (AvgIpc) is 2.96. The van der Waals surface area contributed by atoms with Crippen LogP contribution in [0.5, 0.6) is 0 Å². The minimum Gasteiger partial charge on any atom is -0.387 e. The van der Waals surface area contributed by atoms with E-state index in [1.165, 1.54) is 0 Å². The molecular formula is C14H17N3O4. The van der Waals surface area contributed by atoms with Crippen molar-refractivity contribution >= 4 is 5.91 Å². The quantitative estimate of drug-likeness (QED) is 0.653. The van der Waals surface area contributed by atoms with E-state index in [-0.39, 0.29) is 25.5 Å². The highest BCUT2D eigenvalue weighted by atomic mass is 16.5. The standard InChI is InChI=1S/C14H17N3O4/c18-9-13-16-12(17-21-13)6-7-15-14(20)11(19)8-10-4-2-1-3-5-10/h1-5,11,18-19H,6-9H2,(H,15,20)/t11-/m0/s1. The van der Waals surface area contributed by atoms with E-state index >= 15 is 0 Å². The van der Waals surface area contributed by atoms with Crippen molar-refractivity contribution in [2.45, 2.75) is 25.6 Å². The van der Waals surface area contributed by atoms with Crippen molar-refractivity contribution in [3.63, 3.8) is 0 Å². The summed E-state index contributed by atoms with van der Waals surface area (Å²) in [6, 6.07) is 9.30. The lowest BCUT2D eigenvalue weighted by atomic mass is 10.1. The second-order valence-electron chi connectivity index (χ2n) is 4.51. The van der Waals surface area contributed by atoms with Crippen LogP contribution in [0.3, 0.4) is 0 Å². The van der Waals surface area contributed by atoms with Crippen molar-refractivity contribution in [1.82, 2.24) is 15.5 Å². The summed E-state index contributed by atoms with van der Waals surface area (Å²) in [4.78, 5) is 15.6. The summed E-state index contributed by atoms with van der Waals surface area (Å²) >= 11 is 0. The fourth-order valence-electron chi connectivity index (χ4n) is 1.80. The van der Waals surface area contributed by atoms with Crippen LogP contribution in [0, 0.1) is 0 Å². The van der Waals surface area contributed by atoms with Crippen molar-refractivity contribution in [3.05, 3.63) is 47.6 Å². The lowest BCUT2D eigenvalue weighted by molar-refractivity contribution is -0.129. The van der Waals surface area contributed by atoms with Gasteiger partial charge in [0.05, 0.1) is 0 Å². The Morgan fingerprint density at radius 3 is 2.76 bits per heavy atom. The molecule has 7 heteroatoms. The Balaban J connectivity index is 1.73. The van der Waals surface area contributed by atoms with E-state index in [1.54, 1.807) is 0 Å². The third-order valence-corrected chi connectivity index (χ3v) is 2.87. The van der Waals surface area contributed by atoms with Crippen LogP contribution in [0.1, 0.15) is 17.3 Å². The summed E-state index contributed by atoms with van der Waals surface area (Å²) in [6.45, 7) is -0.0236. The summed E-state index contributed by atoms with van der Waals surface area (Å²) in [7, 11) is 0. The van der Waals surface area contributed by atoms with Gasteiger partial charge in [0.1, 0.15) is 12.7 Å². The van der Waals surface area contributed by atoms with Gasteiger partial charge >= 0.3 is 0 Å². The van der Waals surface area contributed by atoms with E-state index in [0.717, 1.165) is 5.56 Å². The normalized spacial score (nSPS) is 12.1. The fourth-order valence-corrected chi connectivity index (χ4v) is 1.80. The van der Waals surface area contributed by atoms with Crippen LogP contribution in [0.4, 0.5) is 0 Å². The highest BCUT2D eigenvalue weighted by Crippen LogP contribution is 2.03. The number of benzene rings is 1. The maximum atomic E-state index is 11.7. The molecule has 0 aliphatic rings. The van der Waals surface area contributed by atoms with Crippen LogP contribution < -0.4 is 5.32 Å². The van der Waals surface area contributed by atoms with Crippen LogP contribution in [0.2, 0.25) is 0 Å². The molecule has 1 aromatic heterocycles. The first-order valence-electron chi connectivity index (χ1n) is 6.61. The third-order valence-electron chi connectivity index (χ3n) is 2.87. The molecule has 2 aromatic rings. The predicted octanol–water partition coefficient (Wildman–Crippen LogP) is -0.176. The van der Waals surface area contributed by atoms with Crippen molar-refractivity contribution in [2.24, 2.45) is 0 Å². The number of carbonyl (C=O) groups is 1. The zero-order chi connectivity index (χ0) is 15.1. The smallest absolute Gasteiger partial charge is 0.252 e. The Labute approximate surface area is 121 Å². The zero-order valence-electron chi connectivity index (χ0n) is 11.4. The molecule has 0 spiro atoms. The van der Waals surface area contributed by atoms with Crippen LogP contribution >= 0.6 is 0 Å². The molecule has 0 saturated heterocycles. The zero-order valence-corrected chi connectivity index (χ0v) is 11.4. The van der Waals surface area contributed by atoms with E-state index in [9.17, 15) is 9.90 Å². The van der Waals surface area contributed by atoms with Gasteiger partial charge in [0.2, 0.25) is 5.91 Å². The molecule has 0 fully saturated rings. The van der Waals surface area contributed by atoms with E-state index in [1.807, 2.05) is 30.3 Å². The van der Waals surface area contributed by atoms with Crippen molar-refractivity contribution in [1.29, 1.82) is 0 Å². The maximum absolute atomic E-state index is 11.7. The number of hydrogen-bond donors (Lipinski definition) is 3. The van der Waals surface area contributed by atoms with Gasteiger partial charge in [-0.1, -0.05) is 35.5 Å². The molecule has 0 aliphatic heterocycles. The minimum atomic E-state index is -1.09. The van der Waals surface area contributed by atoms with Crippen molar-refractivity contribution < 1.29 is 19.5 Å². The van der Waals surface area contributed by atoms with Gasteiger partial charge in [-0.15, -0.1) is 0 Å². The molecule has 0 bridgehead atoms. The number of hydrogen-bond acceptors (Lipinski definition) is 6. The lowest BCUT2D eigenvalue weighted by Gasteiger charge is -2.10. The molecule has 0 radical (unpaired) electrons. The van der Waals surface area contributed by atoms with E-state index < -0.39 is 12.0 Å². The number of nitrogens with zero attached hydrogens (tertiary/aromatic N) is 2. The molecule has 1 aromatic carbocycles. The van der Waals surface area contributed by atoms with Gasteiger partial charge in [-0.05, 0) is 5.56 Å². The largest absolute Gasteiger partial charge is 0.387 e. The summed E-state index contributed by atoms with van der Waals surface area (Å²) in [5.41, 5.74) is 0.894. The van der Waals surface area contributed by atoms with Crippen molar-refractivity contribution in [3.8, 4) is 0 Å². The first-order valence-corrected chi connectivity index (χ1v) is 6.61. The number of nitrogens with one attached hydrogen (secondary N) is 1. The Morgan fingerprint density at radius 2 is 2.10 bits per heavy atom. The van der Waals surface area contributed by atoms with Gasteiger partial charge in [0.25, 0.3) is 5.89 Å². The summed E-state index contributed by atoms with van der Waals surface area (Å²) in [5, 5.41) is 24.8. The fraction of sp³-hybridized carbons (Fsp3) is 0.357. The van der Waals surface area contributed by atoms with Crippen molar-refractivity contribution in [2.75, 3.05) is 6.54 Å². The number of carbonyl (C=O) groups excluding carboxylic acids is 1. The van der Waals surface area contributed by atoms with E-state index in [0.29, 0.717) is 12.2 Å². The monoisotopic (exact) mass is 291 g/mol. The highest BCUT2D eigenvalue weighted by Gasteiger charge is 2.15. The molecule has 1 amide bonds. The first kappa shape index (κ1) is 15.1. The number of rotatable bonds is 7. The lowest BCUT2D eigenvalue weighted by Crippen LogP contribution is -2.37. The van der Waals surface area contributed by atoms with Gasteiger partial charge in [0.15, 0.2) is 5.82 Å². The second kappa shape index (κ2) is 7.51. The molecule has 1 heterocycles. The average molecular weight is 291 g/mol. The molecule has 0 saturated carbocycles. The Kier molecular flexibility index (Phi) is 5.42. The molecule has 0 aliphatic carbocycles. The van der Waals surface area contributed by atoms with Gasteiger partial charge < -0.3 is 20.1 Å². The summed E-state index contributed by atoms with van der Waals surface area (Å²) < 4.78 is 4.72. The molecule has 7 nitrogen and oxygen atoms in total. The van der Waals surface area contributed by atoms with Crippen LogP contribution in [0.25, 0.3) is 0 Å². The number of amides is 1. The van der Waals surface area contributed by atoms with Gasteiger partial charge in [0, 0.05) is 19.4 Å². The van der Waals surface area contributed by atoms with E-state index in [4.69, 9.17) is 9.63 Å². The summed E-state index contributed by atoms with van der Waals surface area (Å²) in [5.74, 6) is 0.0991. The first-order chi connectivity index (χ1) is 10.2. The number of aliphatic hydroxyl groups is 2. The molecule has 2 rings (SSSR count). The highest BCUT2D eigenvalue weighted by molar-refractivity contribution is 5.80. The molecule has 0 unspecified atom stereocenters. The van der Waals surface area contributed by atoms with Crippen LogP contribution in [-0.4, -0.2) is 38.9 Å². The molecule has 21 heavy (non-hydrogen) atoms. The predicted molar refractivity (Wildman–Crippen MR) is 73.1 cm³/mol. The maximum Gasteiger partial charge on any atom is 0.252 e. The number of aromatic nitrogens is 2. The number of aliphatic hydroxyl groups excluding tert-OH is 2. The van der Waals surface area contributed by atoms with E-state index in [2.05, 4.69) is 15.5 Å². The SMILES string of the molecule is O=C(NCCc1noc(CO)n1)[C@@H](O)Cc1ccccc1. The third kappa shape index (κ3) is 4.66. The molecule has 1 atom stereocenters. The Bertz CT molecular complexity index is 571. The second-order valence-corrected chi connectivity index (χ2v) is 4.51. The van der Waals surface area contributed by atoms with Crippen LogP contribution in [0.15, 0.2) is 34.9 Å². The molecule has 112 valence electrons. The van der Waals surface area contributed by atoms with Gasteiger partial charge in [-0.3, -0.25) is 4.79 Å². The van der Waals surface area contributed by atoms with Gasteiger partial charge in [-0.25, -0.2) is 0 Å². The van der Waals surface area contributed by atoms with Crippen LogP contribution in [-0.2, 0) is 24.2 Å². The molecule has 3 N–H and O–H groups in total. The Morgan fingerprint density at radius 1 is 1.33 bits per heavy atom. The topological polar surface area (TPSA) is 108 Å². The Hall–Kier alpha value is -2.25.